The fourth-order valence-electron chi connectivity index (χ4n) is 3.03. The lowest BCUT2D eigenvalue weighted by Crippen LogP contribution is -2.35. The van der Waals surface area contributed by atoms with E-state index in [2.05, 4.69) is 32.1 Å². The van der Waals surface area contributed by atoms with Crippen molar-refractivity contribution in [2.45, 2.75) is 18.7 Å². The predicted octanol–water partition coefficient (Wildman–Crippen LogP) is 3.28. The minimum Gasteiger partial charge on any atom is -0.379 e. The number of H-pyrrole nitrogens is 1. The van der Waals surface area contributed by atoms with Gasteiger partial charge in [-0.25, -0.2) is 9.97 Å². The average molecular weight is 418 g/mol. The number of nitrogens with one attached hydrogen (secondary N) is 2. The van der Waals surface area contributed by atoms with E-state index in [-0.39, 0.29) is 11.2 Å². The van der Waals surface area contributed by atoms with Crippen LogP contribution in [0, 0.1) is 0 Å². The number of aromatic amines is 1. The van der Waals surface area contributed by atoms with Gasteiger partial charge < -0.3 is 15.0 Å². The SMILES string of the molecule is CC(SCC(=O)Nc1nc(CN2CCOCC2)cs1)c1nc2ccccc2[nH]1. The minimum atomic E-state index is -0.0415. The van der Waals surface area contributed by atoms with Crippen LogP contribution in [-0.4, -0.2) is 57.8 Å². The van der Waals surface area contributed by atoms with Gasteiger partial charge in [0.05, 0.1) is 40.9 Å². The van der Waals surface area contributed by atoms with E-state index >= 15 is 0 Å². The number of nitrogens with zero attached hydrogens (tertiary/aromatic N) is 3. The van der Waals surface area contributed by atoms with E-state index in [0.29, 0.717) is 10.9 Å². The van der Waals surface area contributed by atoms with E-state index in [4.69, 9.17) is 4.74 Å². The van der Waals surface area contributed by atoms with Gasteiger partial charge in [-0.2, -0.15) is 0 Å². The van der Waals surface area contributed by atoms with Crippen LogP contribution in [0.15, 0.2) is 29.6 Å². The summed E-state index contributed by atoms with van der Waals surface area (Å²) in [5, 5.41) is 5.68. The molecule has 0 aliphatic carbocycles. The molecule has 2 N–H and O–H groups in total. The maximum atomic E-state index is 12.3. The quantitative estimate of drug-likeness (QED) is 0.614. The van der Waals surface area contributed by atoms with Crippen LogP contribution in [0.2, 0.25) is 0 Å². The molecule has 4 rings (SSSR count). The Morgan fingerprint density at radius 1 is 1.36 bits per heavy atom. The van der Waals surface area contributed by atoms with Gasteiger partial charge >= 0.3 is 0 Å². The third-order valence-corrected chi connectivity index (χ3v) is 6.50. The Bertz CT molecular complexity index is 902. The number of rotatable bonds is 7. The number of para-hydroxylation sites is 2. The normalized spacial score (nSPS) is 16.3. The third kappa shape index (κ3) is 4.91. The van der Waals surface area contributed by atoms with Crippen LogP contribution in [0.3, 0.4) is 0 Å². The highest BCUT2D eigenvalue weighted by molar-refractivity contribution is 8.00. The molecule has 1 unspecified atom stereocenters. The largest absolute Gasteiger partial charge is 0.379 e. The highest BCUT2D eigenvalue weighted by Gasteiger charge is 2.16. The number of fused-ring (bicyclic) bond motifs is 1. The molecule has 1 atom stereocenters. The highest BCUT2D eigenvalue weighted by Crippen LogP contribution is 2.28. The summed E-state index contributed by atoms with van der Waals surface area (Å²) in [6.45, 7) is 6.25. The molecule has 1 aromatic carbocycles. The summed E-state index contributed by atoms with van der Waals surface area (Å²) in [5.41, 5.74) is 2.96. The van der Waals surface area contributed by atoms with Crippen LogP contribution in [0.5, 0.6) is 0 Å². The van der Waals surface area contributed by atoms with Crippen LogP contribution in [0.1, 0.15) is 23.7 Å². The van der Waals surface area contributed by atoms with Crippen molar-refractivity contribution < 1.29 is 9.53 Å². The number of hydrogen-bond acceptors (Lipinski definition) is 7. The van der Waals surface area contributed by atoms with Crippen molar-refractivity contribution in [3.8, 4) is 0 Å². The zero-order valence-electron chi connectivity index (χ0n) is 15.7. The van der Waals surface area contributed by atoms with E-state index in [1.807, 2.05) is 29.6 Å². The molecule has 7 nitrogen and oxygen atoms in total. The number of imidazole rings is 1. The summed E-state index contributed by atoms with van der Waals surface area (Å²) in [6, 6.07) is 7.94. The molecule has 1 aliphatic rings. The Morgan fingerprint density at radius 2 is 2.18 bits per heavy atom. The van der Waals surface area contributed by atoms with Crippen molar-refractivity contribution in [1.82, 2.24) is 19.9 Å². The molecule has 1 aliphatic heterocycles. The van der Waals surface area contributed by atoms with Crippen LogP contribution >= 0.6 is 23.1 Å². The number of ether oxygens (including phenoxy) is 1. The van der Waals surface area contributed by atoms with Gasteiger partial charge in [-0.3, -0.25) is 9.69 Å². The summed E-state index contributed by atoms with van der Waals surface area (Å²) < 4.78 is 5.36. The number of thioether (sulfide) groups is 1. The number of hydrogen-bond donors (Lipinski definition) is 2. The molecule has 2 aromatic heterocycles. The Kier molecular flexibility index (Phi) is 6.26. The van der Waals surface area contributed by atoms with Crippen molar-refractivity contribution in [3.63, 3.8) is 0 Å². The molecule has 0 radical (unpaired) electrons. The number of anilines is 1. The molecule has 0 saturated carbocycles. The summed E-state index contributed by atoms with van der Waals surface area (Å²) in [7, 11) is 0. The first-order chi connectivity index (χ1) is 13.7. The number of carbonyl (C=O) groups excluding carboxylic acids is 1. The minimum absolute atomic E-state index is 0.0415. The van der Waals surface area contributed by atoms with E-state index < -0.39 is 0 Å². The van der Waals surface area contributed by atoms with Crippen LogP contribution in [0.4, 0.5) is 5.13 Å². The van der Waals surface area contributed by atoms with Gasteiger partial charge in [0.15, 0.2) is 5.13 Å². The van der Waals surface area contributed by atoms with E-state index in [1.165, 1.54) is 11.3 Å². The summed E-state index contributed by atoms with van der Waals surface area (Å²) in [5.74, 6) is 1.21. The summed E-state index contributed by atoms with van der Waals surface area (Å²) in [4.78, 5) is 27.1. The predicted molar refractivity (Wildman–Crippen MR) is 114 cm³/mol. The van der Waals surface area contributed by atoms with Gasteiger partial charge in [-0.1, -0.05) is 12.1 Å². The molecule has 0 spiro atoms. The molecular formula is C19H23N5O2S2. The molecule has 9 heteroatoms. The molecule has 0 bridgehead atoms. The molecule has 3 aromatic rings. The summed E-state index contributed by atoms with van der Waals surface area (Å²) >= 11 is 3.03. The van der Waals surface area contributed by atoms with Crippen molar-refractivity contribution in [1.29, 1.82) is 0 Å². The molecule has 3 heterocycles. The second-order valence-electron chi connectivity index (χ2n) is 6.67. The Labute approximate surface area is 171 Å². The fraction of sp³-hybridized carbons (Fsp3) is 0.421. The van der Waals surface area contributed by atoms with E-state index in [9.17, 15) is 4.79 Å². The Morgan fingerprint density at radius 3 is 3.00 bits per heavy atom. The van der Waals surface area contributed by atoms with Crippen molar-refractivity contribution >= 4 is 45.2 Å². The van der Waals surface area contributed by atoms with Crippen LogP contribution in [0.25, 0.3) is 11.0 Å². The molecule has 1 saturated heterocycles. The Hall–Kier alpha value is -1.94. The third-order valence-electron chi connectivity index (χ3n) is 4.54. The fourth-order valence-corrected chi connectivity index (χ4v) is 4.49. The van der Waals surface area contributed by atoms with Gasteiger partial charge in [0.1, 0.15) is 5.82 Å². The Balaban J connectivity index is 1.26. The maximum absolute atomic E-state index is 12.3. The van der Waals surface area contributed by atoms with Gasteiger partial charge in [-0.05, 0) is 19.1 Å². The van der Waals surface area contributed by atoms with E-state index in [1.54, 1.807) is 11.8 Å². The maximum Gasteiger partial charge on any atom is 0.236 e. The van der Waals surface area contributed by atoms with Crippen molar-refractivity contribution in [3.05, 3.63) is 41.2 Å². The topological polar surface area (TPSA) is 83.1 Å². The monoisotopic (exact) mass is 417 g/mol. The van der Waals surface area contributed by atoms with Gasteiger partial charge in [0.2, 0.25) is 5.91 Å². The van der Waals surface area contributed by atoms with Gasteiger partial charge in [0.25, 0.3) is 0 Å². The molecular weight excluding hydrogens is 394 g/mol. The van der Waals surface area contributed by atoms with Crippen molar-refractivity contribution in [2.24, 2.45) is 0 Å². The van der Waals surface area contributed by atoms with Gasteiger partial charge in [0, 0.05) is 25.0 Å². The summed E-state index contributed by atoms with van der Waals surface area (Å²) in [6.07, 6.45) is 0. The first-order valence-electron chi connectivity index (χ1n) is 9.28. The lowest BCUT2D eigenvalue weighted by molar-refractivity contribution is -0.113. The molecule has 148 valence electrons. The van der Waals surface area contributed by atoms with Crippen LogP contribution in [-0.2, 0) is 16.1 Å². The second-order valence-corrected chi connectivity index (χ2v) is 8.86. The van der Waals surface area contributed by atoms with Crippen molar-refractivity contribution in [2.75, 3.05) is 37.4 Å². The van der Waals surface area contributed by atoms with Crippen LogP contribution < -0.4 is 5.32 Å². The number of aromatic nitrogens is 3. The first kappa shape index (κ1) is 19.4. The average Bonchev–Trinajstić information content (AvgIpc) is 3.33. The molecule has 1 fully saturated rings. The first-order valence-corrected chi connectivity index (χ1v) is 11.2. The van der Waals surface area contributed by atoms with Gasteiger partial charge in [-0.15, -0.1) is 23.1 Å². The highest BCUT2D eigenvalue weighted by atomic mass is 32.2. The smallest absolute Gasteiger partial charge is 0.236 e. The zero-order chi connectivity index (χ0) is 19.3. The number of amides is 1. The number of thiazole rings is 1. The standard InChI is InChI=1S/C19H23N5O2S2/c1-13(18-21-15-4-2-3-5-16(15)22-18)27-12-17(25)23-19-20-14(11-28-19)10-24-6-8-26-9-7-24/h2-5,11,13H,6-10,12H2,1H3,(H,21,22)(H,20,23,25). The second kappa shape index (κ2) is 9.04. The number of carbonyl (C=O) groups is 1. The number of morpholine rings is 1. The molecule has 1 amide bonds. The number of benzene rings is 1. The molecule has 28 heavy (non-hydrogen) atoms. The van der Waals surface area contributed by atoms with E-state index in [0.717, 1.165) is 55.4 Å². The zero-order valence-corrected chi connectivity index (χ0v) is 17.3. The lowest BCUT2D eigenvalue weighted by Gasteiger charge is -2.25. The lowest BCUT2D eigenvalue weighted by atomic mass is 10.3.